The number of nitro groups is 2. The number of nitrogens with zero attached hydrogens (tertiary/aromatic N) is 2. The highest BCUT2D eigenvalue weighted by molar-refractivity contribution is 6.32. The van der Waals surface area contributed by atoms with E-state index in [4.69, 9.17) is 16.3 Å². The molecule has 3 rings (SSSR count). The van der Waals surface area contributed by atoms with Crippen molar-refractivity contribution in [2.75, 3.05) is 0 Å². The third kappa shape index (κ3) is 4.90. The molecule has 0 unspecified atom stereocenters. The van der Waals surface area contributed by atoms with Gasteiger partial charge in [-0.2, -0.15) is 0 Å². The van der Waals surface area contributed by atoms with Crippen LogP contribution in [0.15, 0.2) is 72.8 Å². The molecule has 156 valence electrons. The first-order chi connectivity index (χ1) is 14.8. The second kappa shape index (κ2) is 9.14. The average Bonchev–Trinajstić information content (AvgIpc) is 2.77. The van der Waals surface area contributed by atoms with Gasteiger partial charge in [-0.25, -0.2) is 4.79 Å². The van der Waals surface area contributed by atoms with Crippen LogP contribution >= 0.6 is 11.6 Å². The molecule has 0 amide bonds. The van der Waals surface area contributed by atoms with Crippen molar-refractivity contribution in [3.05, 3.63) is 115 Å². The Hall–Kier alpha value is -4.11. The van der Waals surface area contributed by atoms with Crippen molar-refractivity contribution in [2.24, 2.45) is 0 Å². The molecule has 0 heterocycles. The van der Waals surface area contributed by atoms with Gasteiger partial charge in [0.2, 0.25) is 5.78 Å². The fourth-order valence-corrected chi connectivity index (χ4v) is 2.94. The largest absolute Gasteiger partial charge is 0.445 e. The second-order valence-corrected chi connectivity index (χ2v) is 6.69. The third-order valence-corrected chi connectivity index (χ3v) is 4.63. The summed E-state index contributed by atoms with van der Waals surface area (Å²) in [6.45, 7) is 0. The van der Waals surface area contributed by atoms with E-state index in [0.29, 0.717) is 0 Å². The summed E-state index contributed by atoms with van der Waals surface area (Å²) in [5.74, 6) is -1.56. The molecule has 0 aliphatic carbocycles. The van der Waals surface area contributed by atoms with Crippen LogP contribution in [0, 0.1) is 20.2 Å². The van der Waals surface area contributed by atoms with Crippen LogP contribution in [0.3, 0.4) is 0 Å². The monoisotopic (exact) mass is 440 g/mol. The zero-order valence-electron chi connectivity index (χ0n) is 15.6. The highest BCUT2D eigenvalue weighted by Crippen LogP contribution is 2.29. The molecule has 0 saturated heterocycles. The van der Waals surface area contributed by atoms with Crippen LogP contribution in [0.5, 0.6) is 0 Å². The SMILES string of the molecule is O=C(O[C@H](C(=O)c1ccccc1)c1ccc([N+](=O)[O-])cc1)c1ccc(Cl)c([N+](=O)[O-])c1. The minimum atomic E-state index is -1.43. The molecule has 0 radical (unpaired) electrons. The molecule has 3 aromatic rings. The van der Waals surface area contributed by atoms with Crippen LogP contribution in [0.25, 0.3) is 0 Å². The number of ether oxygens (including phenoxy) is 1. The smallest absolute Gasteiger partial charge is 0.339 e. The van der Waals surface area contributed by atoms with E-state index in [2.05, 4.69) is 0 Å². The number of nitro benzene ring substituents is 2. The van der Waals surface area contributed by atoms with E-state index in [-0.39, 0.29) is 27.4 Å². The molecule has 10 heteroatoms. The number of esters is 1. The van der Waals surface area contributed by atoms with Gasteiger partial charge in [0.1, 0.15) is 5.02 Å². The zero-order chi connectivity index (χ0) is 22.5. The van der Waals surface area contributed by atoms with Crippen LogP contribution in [0.4, 0.5) is 11.4 Å². The number of non-ortho nitro benzene ring substituents is 1. The van der Waals surface area contributed by atoms with Gasteiger partial charge in [0.05, 0.1) is 15.4 Å². The van der Waals surface area contributed by atoms with E-state index in [1.165, 1.54) is 48.5 Å². The molecule has 0 aromatic heterocycles. The van der Waals surface area contributed by atoms with Gasteiger partial charge in [-0.1, -0.05) is 41.9 Å². The van der Waals surface area contributed by atoms with Crippen LogP contribution in [0.1, 0.15) is 32.4 Å². The van der Waals surface area contributed by atoms with Crippen molar-refractivity contribution < 1.29 is 24.2 Å². The fourth-order valence-electron chi connectivity index (χ4n) is 2.75. The first-order valence-corrected chi connectivity index (χ1v) is 9.14. The maximum Gasteiger partial charge on any atom is 0.339 e. The lowest BCUT2D eigenvalue weighted by atomic mass is 9.99. The lowest BCUT2D eigenvalue weighted by Crippen LogP contribution is -2.20. The molecule has 9 nitrogen and oxygen atoms in total. The van der Waals surface area contributed by atoms with Crippen LogP contribution in [-0.2, 0) is 4.74 Å². The Labute approximate surface area is 180 Å². The van der Waals surface area contributed by atoms with Crippen molar-refractivity contribution >= 4 is 34.7 Å². The molecule has 0 fully saturated rings. The van der Waals surface area contributed by atoms with Crippen LogP contribution < -0.4 is 0 Å². The summed E-state index contributed by atoms with van der Waals surface area (Å²) in [5.41, 5.74) is -0.410. The number of carbonyl (C=O) groups is 2. The van der Waals surface area contributed by atoms with E-state index < -0.39 is 33.4 Å². The Bertz CT molecular complexity index is 1160. The molecule has 0 N–H and O–H groups in total. The fraction of sp³-hybridized carbons (Fsp3) is 0.0476. The summed E-state index contributed by atoms with van der Waals surface area (Å²) in [4.78, 5) is 46.3. The van der Waals surface area contributed by atoms with Crippen LogP contribution in [-0.4, -0.2) is 21.6 Å². The van der Waals surface area contributed by atoms with E-state index in [1.807, 2.05) is 0 Å². The number of halogens is 1. The summed E-state index contributed by atoms with van der Waals surface area (Å²) in [5, 5.41) is 21.8. The Morgan fingerprint density at radius 3 is 2.06 bits per heavy atom. The molecule has 0 bridgehead atoms. The maximum absolute atomic E-state index is 13.0. The van der Waals surface area contributed by atoms with Gasteiger partial charge < -0.3 is 4.74 Å². The predicted molar refractivity (Wildman–Crippen MR) is 110 cm³/mol. The average molecular weight is 441 g/mol. The molecule has 0 aliphatic rings. The highest BCUT2D eigenvalue weighted by Gasteiger charge is 2.28. The molecular formula is C21H13ClN2O7. The number of hydrogen-bond donors (Lipinski definition) is 0. The zero-order valence-corrected chi connectivity index (χ0v) is 16.4. The summed E-state index contributed by atoms with van der Waals surface area (Å²) < 4.78 is 5.39. The van der Waals surface area contributed by atoms with Gasteiger partial charge in [0, 0.05) is 29.3 Å². The summed E-state index contributed by atoms with van der Waals surface area (Å²) in [6, 6.07) is 16.4. The topological polar surface area (TPSA) is 130 Å². The predicted octanol–water partition coefficient (Wildman–Crippen LogP) is 4.94. The normalized spacial score (nSPS) is 11.4. The lowest BCUT2D eigenvalue weighted by Gasteiger charge is -2.17. The van der Waals surface area contributed by atoms with E-state index >= 15 is 0 Å². The van der Waals surface area contributed by atoms with Crippen molar-refractivity contribution in [3.63, 3.8) is 0 Å². The van der Waals surface area contributed by atoms with E-state index in [9.17, 15) is 29.8 Å². The van der Waals surface area contributed by atoms with Crippen LogP contribution in [0.2, 0.25) is 5.02 Å². The van der Waals surface area contributed by atoms with Crippen molar-refractivity contribution in [1.29, 1.82) is 0 Å². The summed E-state index contributed by atoms with van der Waals surface area (Å²) >= 11 is 5.77. The molecule has 0 aliphatic heterocycles. The van der Waals surface area contributed by atoms with Crippen molar-refractivity contribution in [1.82, 2.24) is 0 Å². The number of rotatable bonds is 7. The van der Waals surface area contributed by atoms with Gasteiger partial charge in [0.25, 0.3) is 11.4 Å². The Kier molecular flexibility index (Phi) is 6.37. The van der Waals surface area contributed by atoms with E-state index in [0.717, 1.165) is 6.07 Å². The second-order valence-electron chi connectivity index (χ2n) is 6.29. The quantitative estimate of drug-likeness (QED) is 0.220. The Morgan fingerprint density at radius 1 is 0.839 bits per heavy atom. The summed E-state index contributed by atoms with van der Waals surface area (Å²) in [6.07, 6.45) is -1.43. The first-order valence-electron chi connectivity index (χ1n) is 8.76. The summed E-state index contributed by atoms with van der Waals surface area (Å²) in [7, 11) is 0. The molecule has 3 aromatic carbocycles. The lowest BCUT2D eigenvalue weighted by molar-refractivity contribution is -0.385. The number of benzene rings is 3. The maximum atomic E-state index is 13.0. The highest BCUT2D eigenvalue weighted by atomic mass is 35.5. The van der Waals surface area contributed by atoms with Gasteiger partial charge in [0.15, 0.2) is 6.10 Å². The standard InChI is InChI=1S/C21H13ClN2O7/c22-17-11-8-15(12-18(17)24(29)30)21(26)31-20(19(25)13-4-2-1-3-5-13)14-6-9-16(10-7-14)23(27)28/h1-12,20H/t20-/m0/s1. The molecule has 1 atom stereocenters. The molecule has 0 saturated carbocycles. The van der Waals surface area contributed by atoms with Gasteiger partial charge in [-0.05, 0) is 24.3 Å². The minimum Gasteiger partial charge on any atom is -0.445 e. The Morgan fingerprint density at radius 2 is 1.48 bits per heavy atom. The molecular weight excluding hydrogens is 428 g/mol. The number of hydrogen-bond acceptors (Lipinski definition) is 7. The Balaban J connectivity index is 1.97. The van der Waals surface area contributed by atoms with E-state index in [1.54, 1.807) is 18.2 Å². The number of Topliss-reactive ketones (excluding diaryl/α,β-unsaturated/α-hetero) is 1. The minimum absolute atomic E-state index is 0.158. The van der Waals surface area contributed by atoms with Crippen molar-refractivity contribution in [2.45, 2.75) is 6.10 Å². The third-order valence-electron chi connectivity index (χ3n) is 4.31. The van der Waals surface area contributed by atoms with Gasteiger partial charge >= 0.3 is 5.97 Å². The molecule has 0 spiro atoms. The molecule has 31 heavy (non-hydrogen) atoms. The van der Waals surface area contributed by atoms with Gasteiger partial charge in [-0.15, -0.1) is 0 Å². The number of ketones is 1. The number of carbonyl (C=O) groups excluding carboxylic acids is 2. The van der Waals surface area contributed by atoms with Crippen molar-refractivity contribution in [3.8, 4) is 0 Å². The first kappa shape index (κ1) is 21.6. The van der Waals surface area contributed by atoms with Gasteiger partial charge in [-0.3, -0.25) is 25.0 Å².